The van der Waals surface area contributed by atoms with Gasteiger partial charge in [-0.1, -0.05) is 19.8 Å². The average molecular weight is 272 g/mol. The molecule has 0 amide bonds. The van der Waals surface area contributed by atoms with E-state index in [1.165, 1.54) is 24.3 Å². The van der Waals surface area contributed by atoms with Crippen molar-refractivity contribution < 1.29 is 23.7 Å². The van der Waals surface area contributed by atoms with E-state index in [2.05, 4.69) is 11.4 Å². The first-order valence-corrected chi connectivity index (χ1v) is 7.34. The minimum absolute atomic E-state index is 0.0335. The minimum atomic E-state index is -4.53. The van der Waals surface area contributed by atoms with Gasteiger partial charge in [0.25, 0.3) is 0 Å². The maximum Gasteiger partial charge on any atom is 0.524 e. The van der Waals surface area contributed by atoms with E-state index in [1.807, 2.05) is 0 Å². The van der Waals surface area contributed by atoms with E-state index in [0.717, 1.165) is 19.3 Å². The first-order chi connectivity index (χ1) is 8.42. The fourth-order valence-corrected chi connectivity index (χ4v) is 1.92. The summed E-state index contributed by atoms with van der Waals surface area (Å²) >= 11 is 0. The molecule has 0 spiro atoms. The molecule has 1 rings (SSSR count). The van der Waals surface area contributed by atoms with Crippen LogP contribution in [-0.4, -0.2) is 15.6 Å². The molecule has 0 radical (unpaired) electrons. The molecule has 0 unspecified atom stereocenters. The molecule has 0 aliphatic rings. The molecule has 5 nitrogen and oxygen atoms in total. The van der Waals surface area contributed by atoms with Crippen molar-refractivity contribution in [1.82, 2.24) is 0 Å². The van der Waals surface area contributed by atoms with E-state index in [1.54, 1.807) is 0 Å². The highest BCUT2D eigenvalue weighted by molar-refractivity contribution is 7.46. The molecule has 2 N–H and O–H groups in total. The van der Waals surface area contributed by atoms with Crippen molar-refractivity contribution in [3.63, 3.8) is 0 Å². The van der Waals surface area contributed by atoms with Crippen molar-refractivity contribution in [2.75, 3.05) is 0 Å². The molecule has 0 fully saturated rings. The zero-order chi connectivity index (χ0) is 13.6. The van der Waals surface area contributed by atoms with Crippen molar-refractivity contribution in [1.29, 1.82) is 0 Å². The summed E-state index contributed by atoms with van der Waals surface area (Å²) in [6, 6.07) is 5.79. The maximum absolute atomic E-state index is 11.7. The number of Topliss-reactive ketones (excluding diaryl/α,β-unsaturated/α-hetero) is 1. The summed E-state index contributed by atoms with van der Waals surface area (Å²) in [7, 11) is -4.53. The predicted octanol–water partition coefficient (Wildman–Crippen LogP) is 2.92. The summed E-state index contributed by atoms with van der Waals surface area (Å²) in [4.78, 5) is 29.0. The second-order valence-corrected chi connectivity index (χ2v) is 5.15. The number of rotatable bonds is 7. The maximum atomic E-state index is 11.7. The Morgan fingerprint density at radius 1 is 1.22 bits per heavy atom. The van der Waals surface area contributed by atoms with Gasteiger partial charge in [-0.3, -0.25) is 14.6 Å². The number of phosphoric ester groups is 1. The quantitative estimate of drug-likeness (QED) is 0.453. The number of ketones is 1. The van der Waals surface area contributed by atoms with Gasteiger partial charge in [-0.2, -0.15) is 0 Å². The minimum Gasteiger partial charge on any atom is -0.404 e. The molecule has 0 bridgehead atoms. The van der Waals surface area contributed by atoms with Crippen LogP contribution < -0.4 is 4.52 Å². The Morgan fingerprint density at radius 2 is 1.83 bits per heavy atom. The first-order valence-electron chi connectivity index (χ1n) is 5.81. The van der Waals surface area contributed by atoms with Crippen LogP contribution in [0.25, 0.3) is 0 Å². The lowest BCUT2D eigenvalue weighted by Gasteiger charge is -2.07. The van der Waals surface area contributed by atoms with E-state index in [9.17, 15) is 9.36 Å². The third-order valence-electron chi connectivity index (χ3n) is 2.41. The molecule has 18 heavy (non-hydrogen) atoms. The summed E-state index contributed by atoms with van der Waals surface area (Å²) < 4.78 is 15.0. The zero-order valence-electron chi connectivity index (χ0n) is 10.2. The third kappa shape index (κ3) is 5.45. The van der Waals surface area contributed by atoms with Gasteiger partial charge in [-0.25, -0.2) is 4.57 Å². The van der Waals surface area contributed by atoms with Gasteiger partial charge in [-0.15, -0.1) is 0 Å². The van der Waals surface area contributed by atoms with E-state index >= 15 is 0 Å². The Bertz CT molecular complexity index is 434. The zero-order valence-corrected chi connectivity index (χ0v) is 11.1. The van der Waals surface area contributed by atoms with Crippen molar-refractivity contribution >= 4 is 13.6 Å². The van der Waals surface area contributed by atoms with Crippen LogP contribution >= 0.6 is 7.82 Å². The van der Waals surface area contributed by atoms with Crippen LogP contribution in [-0.2, 0) is 4.57 Å². The van der Waals surface area contributed by atoms with Crippen LogP contribution in [0.15, 0.2) is 24.3 Å². The smallest absolute Gasteiger partial charge is 0.404 e. The predicted molar refractivity (Wildman–Crippen MR) is 67.6 cm³/mol. The Hall–Kier alpha value is -1.16. The Kier molecular flexibility index (Phi) is 5.54. The van der Waals surface area contributed by atoms with Crippen molar-refractivity contribution in [2.45, 2.75) is 32.6 Å². The molecular formula is C12H17O5P. The van der Waals surface area contributed by atoms with Crippen LogP contribution in [0.2, 0.25) is 0 Å². The molecule has 0 saturated heterocycles. The molecule has 0 saturated carbocycles. The van der Waals surface area contributed by atoms with Crippen LogP contribution in [0, 0.1) is 0 Å². The topological polar surface area (TPSA) is 83.8 Å². The molecule has 1 aromatic carbocycles. The first kappa shape index (κ1) is 14.9. The van der Waals surface area contributed by atoms with Gasteiger partial charge in [0.2, 0.25) is 0 Å². The van der Waals surface area contributed by atoms with Gasteiger partial charge in [0.15, 0.2) is 5.78 Å². The summed E-state index contributed by atoms with van der Waals surface area (Å²) in [6.07, 6.45) is 3.43. The third-order valence-corrected chi connectivity index (χ3v) is 2.86. The van der Waals surface area contributed by atoms with E-state index in [-0.39, 0.29) is 11.5 Å². The van der Waals surface area contributed by atoms with Crippen molar-refractivity contribution in [2.24, 2.45) is 0 Å². The highest BCUT2D eigenvalue weighted by Gasteiger charge is 2.15. The second-order valence-electron chi connectivity index (χ2n) is 3.99. The fraction of sp³-hybridized carbons (Fsp3) is 0.417. The second kappa shape index (κ2) is 6.69. The van der Waals surface area contributed by atoms with Gasteiger partial charge in [0.05, 0.1) is 0 Å². The van der Waals surface area contributed by atoms with E-state index < -0.39 is 7.82 Å². The van der Waals surface area contributed by atoms with E-state index in [0.29, 0.717) is 12.0 Å². The molecule has 0 aromatic heterocycles. The number of hydrogen-bond donors (Lipinski definition) is 2. The highest BCUT2D eigenvalue weighted by atomic mass is 31.2. The molecule has 100 valence electrons. The summed E-state index contributed by atoms with van der Waals surface area (Å²) in [5.41, 5.74) is 0.532. The van der Waals surface area contributed by atoms with Crippen LogP contribution in [0.4, 0.5) is 0 Å². The van der Waals surface area contributed by atoms with Crippen LogP contribution in [0.5, 0.6) is 5.75 Å². The molecule has 0 heterocycles. The monoisotopic (exact) mass is 272 g/mol. The Labute approximate surface area is 106 Å². The lowest BCUT2D eigenvalue weighted by Crippen LogP contribution is -1.99. The summed E-state index contributed by atoms with van der Waals surface area (Å²) in [5.74, 6) is 0.0830. The lowest BCUT2D eigenvalue weighted by molar-refractivity contribution is 0.0979. The van der Waals surface area contributed by atoms with Gasteiger partial charge < -0.3 is 4.52 Å². The standard InChI is InChI=1S/C12H17O5P/c1-2-3-4-5-12(13)10-6-8-11(9-7-10)17-18(14,15)16/h6-9H,2-5H2,1H3,(H2,14,15,16). The van der Waals surface area contributed by atoms with Crippen molar-refractivity contribution in [3.05, 3.63) is 29.8 Å². The fourth-order valence-electron chi connectivity index (χ4n) is 1.52. The number of unbranched alkanes of at least 4 members (excludes halogenated alkanes) is 2. The van der Waals surface area contributed by atoms with E-state index in [4.69, 9.17) is 9.79 Å². The molecule has 0 aliphatic carbocycles. The van der Waals surface area contributed by atoms with Gasteiger partial charge in [0, 0.05) is 12.0 Å². The molecule has 0 atom stereocenters. The summed E-state index contributed by atoms with van der Waals surface area (Å²) in [6.45, 7) is 2.07. The number of phosphoric acid groups is 1. The number of benzene rings is 1. The van der Waals surface area contributed by atoms with Gasteiger partial charge >= 0.3 is 7.82 Å². The van der Waals surface area contributed by atoms with Crippen molar-refractivity contribution in [3.8, 4) is 5.75 Å². The normalized spacial score (nSPS) is 11.3. The lowest BCUT2D eigenvalue weighted by atomic mass is 10.0. The molecular weight excluding hydrogens is 255 g/mol. The Morgan fingerprint density at radius 3 is 2.33 bits per heavy atom. The van der Waals surface area contributed by atoms with Gasteiger partial charge in [-0.05, 0) is 30.7 Å². The molecule has 0 aliphatic heterocycles. The SMILES string of the molecule is CCCCCC(=O)c1ccc(OP(=O)(O)O)cc1. The molecule has 6 heteroatoms. The van der Waals surface area contributed by atoms with Crippen LogP contribution in [0.1, 0.15) is 43.0 Å². The highest BCUT2D eigenvalue weighted by Crippen LogP contribution is 2.37. The number of carbonyl (C=O) groups is 1. The largest absolute Gasteiger partial charge is 0.524 e. The Balaban J connectivity index is 2.59. The van der Waals surface area contributed by atoms with Crippen LogP contribution in [0.3, 0.4) is 0 Å². The van der Waals surface area contributed by atoms with Gasteiger partial charge in [0.1, 0.15) is 5.75 Å². The summed E-state index contributed by atoms with van der Waals surface area (Å²) in [5, 5.41) is 0. The molecule has 1 aromatic rings. The number of hydrogen-bond acceptors (Lipinski definition) is 3. The average Bonchev–Trinajstić information content (AvgIpc) is 2.28. The number of carbonyl (C=O) groups excluding carboxylic acids is 1.